The number of halogens is 1. The van der Waals surface area contributed by atoms with Gasteiger partial charge >= 0.3 is 0 Å². The number of hydrogen-bond donors (Lipinski definition) is 1. The monoisotopic (exact) mass is 206 g/mol. The third-order valence-electron chi connectivity index (χ3n) is 1.68. The molecule has 0 heterocycles. The molecule has 0 aliphatic rings. The molecule has 0 aromatic rings. The van der Waals surface area contributed by atoms with Crippen molar-refractivity contribution in [3.8, 4) is 0 Å². The van der Waals surface area contributed by atoms with E-state index in [1.165, 1.54) is 4.90 Å². The topological polar surface area (TPSA) is 49.4 Å². The molecule has 1 unspecified atom stereocenters. The Bertz CT molecular complexity index is 195. The number of carbonyl (C=O) groups excluding carboxylic acids is 2. The molecular formula is C8H15ClN2O2. The molecule has 1 N–H and O–H groups in total. The Kier molecular flexibility index (Phi) is 5.46. The van der Waals surface area contributed by atoms with Gasteiger partial charge in [-0.15, -0.1) is 11.6 Å². The van der Waals surface area contributed by atoms with E-state index in [4.69, 9.17) is 11.6 Å². The smallest absolute Gasteiger partial charge is 0.241 e. The quantitative estimate of drug-likeness (QED) is 0.669. The summed E-state index contributed by atoms with van der Waals surface area (Å²) in [6.07, 6.45) is 0. The Morgan fingerprint density at radius 3 is 2.46 bits per heavy atom. The van der Waals surface area contributed by atoms with Crippen LogP contribution in [-0.2, 0) is 9.59 Å². The van der Waals surface area contributed by atoms with E-state index in [2.05, 4.69) is 5.32 Å². The second-order valence-electron chi connectivity index (χ2n) is 2.74. The van der Waals surface area contributed by atoms with Gasteiger partial charge in [0.2, 0.25) is 11.8 Å². The molecule has 4 nitrogen and oxygen atoms in total. The van der Waals surface area contributed by atoms with Crippen molar-refractivity contribution in [3.05, 3.63) is 0 Å². The molecule has 0 aromatic heterocycles. The van der Waals surface area contributed by atoms with Crippen molar-refractivity contribution in [1.29, 1.82) is 0 Å². The fraction of sp³-hybridized carbons (Fsp3) is 0.750. The summed E-state index contributed by atoms with van der Waals surface area (Å²) in [6, 6.07) is 0. The van der Waals surface area contributed by atoms with Crippen LogP contribution >= 0.6 is 11.6 Å². The van der Waals surface area contributed by atoms with Crippen molar-refractivity contribution < 1.29 is 9.59 Å². The molecule has 5 heteroatoms. The zero-order chi connectivity index (χ0) is 10.4. The second kappa shape index (κ2) is 5.80. The second-order valence-corrected chi connectivity index (χ2v) is 3.40. The number of likely N-dealkylation sites (N-methyl/N-ethyl adjacent to an activating group) is 1. The summed E-state index contributed by atoms with van der Waals surface area (Å²) in [4.78, 5) is 23.6. The summed E-state index contributed by atoms with van der Waals surface area (Å²) >= 11 is 5.49. The van der Waals surface area contributed by atoms with Gasteiger partial charge in [-0.2, -0.15) is 0 Å². The van der Waals surface area contributed by atoms with E-state index in [9.17, 15) is 9.59 Å². The number of hydrogen-bond acceptors (Lipinski definition) is 2. The van der Waals surface area contributed by atoms with Crippen LogP contribution in [0.3, 0.4) is 0 Å². The first-order chi connectivity index (χ1) is 5.99. The lowest BCUT2D eigenvalue weighted by molar-refractivity contribution is -0.131. The molecule has 0 saturated heterocycles. The average Bonchev–Trinajstić information content (AvgIpc) is 2.11. The zero-order valence-electron chi connectivity index (χ0n) is 8.13. The Labute approximate surface area is 83.2 Å². The molecule has 0 fully saturated rings. The maximum absolute atomic E-state index is 11.2. The molecule has 2 amide bonds. The van der Waals surface area contributed by atoms with Gasteiger partial charge in [-0.1, -0.05) is 0 Å². The van der Waals surface area contributed by atoms with Crippen LogP contribution in [0.4, 0.5) is 0 Å². The summed E-state index contributed by atoms with van der Waals surface area (Å²) in [7, 11) is 1.68. The molecular weight excluding hydrogens is 192 g/mol. The van der Waals surface area contributed by atoms with Gasteiger partial charge in [-0.05, 0) is 13.8 Å². The van der Waals surface area contributed by atoms with E-state index in [-0.39, 0.29) is 18.4 Å². The summed E-state index contributed by atoms with van der Waals surface area (Å²) in [5.74, 6) is -0.437. The van der Waals surface area contributed by atoms with Crippen molar-refractivity contribution in [3.63, 3.8) is 0 Å². The fourth-order valence-electron chi connectivity index (χ4n) is 0.615. The van der Waals surface area contributed by atoms with Crippen molar-refractivity contribution in [2.24, 2.45) is 0 Å². The van der Waals surface area contributed by atoms with Crippen molar-refractivity contribution in [2.75, 3.05) is 20.1 Å². The molecule has 1 atom stereocenters. The van der Waals surface area contributed by atoms with E-state index in [0.29, 0.717) is 6.54 Å². The molecule has 0 aromatic carbocycles. The minimum absolute atomic E-state index is 0.0141. The number of amides is 2. The van der Waals surface area contributed by atoms with Crippen LogP contribution in [0.2, 0.25) is 0 Å². The normalized spacial score (nSPS) is 12.0. The highest BCUT2D eigenvalue weighted by Gasteiger charge is 2.11. The van der Waals surface area contributed by atoms with E-state index in [1.807, 2.05) is 6.92 Å². The Morgan fingerprint density at radius 2 is 2.08 bits per heavy atom. The van der Waals surface area contributed by atoms with Gasteiger partial charge in [0.15, 0.2) is 0 Å². The van der Waals surface area contributed by atoms with Crippen LogP contribution in [0.25, 0.3) is 0 Å². The molecule has 0 aliphatic carbocycles. The molecule has 76 valence electrons. The Balaban J connectivity index is 3.77. The van der Waals surface area contributed by atoms with E-state index < -0.39 is 5.38 Å². The van der Waals surface area contributed by atoms with Crippen LogP contribution in [-0.4, -0.2) is 42.2 Å². The largest absolute Gasteiger partial charge is 0.346 e. The lowest BCUT2D eigenvalue weighted by atomic mass is 10.4. The molecule has 0 bridgehead atoms. The average molecular weight is 207 g/mol. The highest BCUT2D eigenvalue weighted by atomic mass is 35.5. The maximum Gasteiger partial charge on any atom is 0.241 e. The van der Waals surface area contributed by atoms with E-state index in [0.717, 1.165) is 0 Å². The van der Waals surface area contributed by atoms with Crippen LogP contribution in [0.15, 0.2) is 0 Å². The minimum atomic E-state index is -0.597. The molecule has 0 spiro atoms. The first-order valence-corrected chi connectivity index (χ1v) is 4.58. The fourth-order valence-corrected chi connectivity index (χ4v) is 0.692. The van der Waals surface area contributed by atoms with Gasteiger partial charge in [-0.3, -0.25) is 9.59 Å². The molecule has 0 saturated carbocycles. The Hall–Kier alpha value is -0.770. The SMILES string of the molecule is CCN(C)C(=O)CNC(=O)C(C)Cl. The lowest BCUT2D eigenvalue weighted by Gasteiger charge is -2.14. The van der Waals surface area contributed by atoms with Crippen LogP contribution in [0.1, 0.15) is 13.8 Å². The molecule has 13 heavy (non-hydrogen) atoms. The molecule has 0 aliphatic heterocycles. The van der Waals surface area contributed by atoms with Crippen LogP contribution in [0.5, 0.6) is 0 Å². The van der Waals surface area contributed by atoms with Gasteiger partial charge in [0, 0.05) is 13.6 Å². The minimum Gasteiger partial charge on any atom is -0.346 e. The van der Waals surface area contributed by atoms with Crippen LogP contribution < -0.4 is 5.32 Å². The highest BCUT2D eigenvalue weighted by molar-refractivity contribution is 6.30. The third kappa shape index (κ3) is 4.72. The number of carbonyl (C=O) groups is 2. The zero-order valence-corrected chi connectivity index (χ0v) is 8.89. The first kappa shape index (κ1) is 12.2. The van der Waals surface area contributed by atoms with Gasteiger partial charge in [0.25, 0.3) is 0 Å². The van der Waals surface area contributed by atoms with Crippen molar-refractivity contribution in [2.45, 2.75) is 19.2 Å². The summed E-state index contributed by atoms with van der Waals surface area (Å²) in [5.41, 5.74) is 0. The number of alkyl halides is 1. The molecule has 0 rings (SSSR count). The summed E-state index contributed by atoms with van der Waals surface area (Å²) < 4.78 is 0. The number of nitrogens with zero attached hydrogens (tertiary/aromatic N) is 1. The van der Waals surface area contributed by atoms with Gasteiger partial charge in [0.1, 0.15) is 5.38 Å². The number of nitrogens with one attached hydrogen (secondary N) is 1. The standard InChI is InChI=1S/C8H15ClN2O2/c1-4-11(3)7(12)5-10-8(13)6(2)9/h6H,4-5H2,1-3H3,(H,10,13). The Morgan fingerprint density at radius 1 is 1.54 bits per heavy atom. The van der Waals surface area contributed by atoms with Crippen LogP contribution in [0, 0.1) is 0 Å². The number of rotatable bonds is 4. The predicted molar refractivity (Wildman–Crippen MR) is 51.6 cm³/mol. The first-order valence-electron chi connectivity index (χ1n) is 4.14. The van der Waals surface area contributed by atoms with Gasteiger partial charge < -0.3 is 10.2 Å². The van der Waals surface area contributed by atoms with Gasteiger partial charge in [0.05, 0.1) is 6.54 Å². The van der Waals surface area contributed by atoms with E-state index >= 15 is 0 Å². The molecule has 0 radical (unpaired) electrons. The van der Waals surface area contributed by atoms with Crippen molar-refractivity contribution >= 4 is 23.4 Å². The third-order valence-corrected chi connectivity index (χ3v) is 1.87. The highest BCUT2D eigenvalue weighted by Crippen LogP contribution is 1.92. The van der Waals surface area contributed by atoms with Gasteiger partial charge in [-0.25, -0.2) is 0 Å². The van der Waals surface area contributed by atoms with Crippen molar-refractivity contribution in [1.82, 2.24) is 10.2 Å². The summed E-state index contributed by atoms with van der Waals surface area (Å²) in [6.45, 7) is 4.07. The maximum atomic E-state index is 11.2. The van der Waals surface area contributed by atoms with E-state index in [1.54, 1.807) is 14.0 Å². The summed E-state index contributed by atoms with van der Waals surface area (Å²) in [5, 5.41) is 1.84. The predicted octanol–water partition coefficient (Wildman–Crippen LogP) is 0.208. The lowest BCUT2D eigenvalue weighted by Crippen LogP contribution is -2.40.